The van der Waals surface area contributed by atoms with Crippen LogP contribution in [0.2, 0.25) is 0 Å². The standard InChI is InChI=1S/C13H23N3/c1-10(12-6-4-5-7-12)15-11(2)13-14-8-9-16(13)3/h8-12,15H,4-7H2,1-3H3/t10-,11?/m1/s1. The first-order chi connectivity index (χ1) is 7.68. The van der Waals surface area contributed by atoms with Crippen LogP contribution in [0.4, 0.5) is 0 Å². The third-order valence-electron chi connectivity index (χ3n) is 3.87. The van der Waals surface area contributed by atoms with Crippen LogP contribution in [0, 0.1) is 5.92 Å². The number of rotatable bonds is 4. The van der Waals surface area contributed by atoms with E-state index in [4.69, 9.17) is 0 Å². The van der Waals surface area contributed by atoms with Crippen LogP contribution in [0.3, 0.4) is 0 Å². The van der Waals surface area contributed by atoms with E-state index in [0.717, 1.165) is 11.7 Å². The largest absolute Gasteiger partial charge is 0.337 e. The topological polar surface area (TPSA) is 29.9 Å². The Morgan fingerprint density at radius 1 is 1.38 bits per heavy atom. The van der Waals surface area contributed by atoms with Crippen molar-refractivity contribution in [3.63, 3.8) is 0 Å². The summed E-state index contributed by atoms with van der Waals surface area (Å²) >= 11 is 0. The molecule has 0 radical (unpaired) electrons. The van der Waals surface area contributed by atoms with Gasteiger partial charge in [0, 0.05) is 25.5 Å². The molecule has 0 spiro atoms. The van der Waals surface area contributed by atoms with Gasteiger partial charge in [-0.15, -0.1) is 0 Å². The van der Waals surface area contributed by atoms with Gasteiger partial charge in [-0.3, -0.25) is 0 Å². The second kappa shape index (κ2) is 5.00. The van der Waals surface area contributed by atoms with Crippen molar-refractivity contribution < 1.29 is 0 Å². The molecule has 0 aromatic carbocycles. The van der Waals surface area contributed by atoms with Crippen molar-refractivity contribution in [3.05, 3.63) is 18.2 Å². The highest BCUT2D eigenvalue weighted by Crippen LogP contribution is 2.28. The molecule has 0 saturated heterocycles. The minimum Gasteiger partial charge on any atom is -0.337 e. The zero-order valence-electron chi connectivity index (χ0n) is 10.6. The maximum Gasteiger partial charge on any atom is 0.125 e. The number of aryl methyl sites for hydroxylation is 1. The molecule has 2 atom stereocenters. The molecule has 3 nitrogen and oxygen atoms in total. The van der Waals surface area contributed by atoms with Crippen LogP contribution < -0.4 is 5.32 Å². The van der Waals surface area contributed by atoms with Gasteiger partial charge in [0.25, 0.3) is 0 Å². The second-order valence-corrected chi connectivity index (χ2v) is 5.12. The Morgan fingerprint density at radius 3 is 2.62 bits per heavy atom. The highest BCUT2D eigenvalue weighted by atomic mass is 15.1. The quantitative estimate of drug-likeness (QED) is 0.847. The Balaban J connectivity index is 1.91. The van der Waals surface area contributed by atoms with E-state index in [1.807, 2.05) is 12.4 Å². The highest BCUT2D eigenvalue weighted by Gasteiger charge is 2.23. The van der Waals surface area contributed by atoms with Crippen molar-refractivity contribution in [1.82, 2.24) is 14.9 Å². The fourth-order valence-electron chi connectivity index (χ4n) is 2.86. The molecule has 1 aliphatic carbocycles. The number of nitrogens with zero attached hydrogens (tertiary/aromatic N) is 2. The van der Waals surface area contributed by atoms with Crippen molar-refractivity contribution >= 4 is 0 Å². The Bertz CT molecular complexity index is 326. The summed E-state index contributed by atoms with van der Waals surface area (Å²) in [5.41, 5.74) is 0. The summed E-state index contributed by atoms with van der Waals surface area (Å²) in [6.45, 7) is 4.52. The molecule has 1 fully saturated rings. The highest BCUT2D eigenvalue weighted by molar-refractivity contribution is 4.98. The fourth-order valence-corrected chi connectivity index (χ4v) is 2.86. The van der Waals surface area contributed by atoms with Crippen LogP contribution in [0.5, 0.6) is 0 Å². The molecule has 2 rings (SSSR count). The van der Waals surface area contributed by atoms with Gasteiger partial charge in [0.15, 0.2) is 0 Å². The summed E-state index contributed by atoms with van der Waals surface area (Å²) in [6, 6.07) is 0.949. The zero-order valence-corrected chi connectivity index (χ0v) is 10.6. The lowest BCUT2D eigenvalue weighted by Crippen LogP contribution is -2.35. The molecule has 0 bridgehead atoms. The van der Waals surface area contributed by atoms with Gasteiger partial charge < -0.3 is 9.88 Å². The summed E-state index contributed by atoms with van der Waals surface area (Å²) in [5.74, 6) is 1.99. The monoisotopic (exact) mass is 221 g/mol. The van der Waals surface area contributed by atoms with Gasteiger partial charge in [-0.25, -0.2) is 4.98 Å². The molecule has 1 unspecified atom stereocenters. The molecule has 0 amide bonds. The van der Waals surface area contributed by atoms with Crippen molar-refractivity contribution in [1.29, 1.82) is 0 Å². The minimum atomic E-state index is 0.343. The molecule has 1 aliphatic rings. The van der Waals surface area contributed by atoms with E-state index in [-0.39, 0.29) is 0 Å². The molecule has 3 heteroatoms. The molecule has 1 aromatic heterocycles. The number of aromatic nitrogens is 2. The third kappa shape index (κ3) is 2.46. The van der Waals surface area contributed by atoms with Gasteiger partial charge in [-0.1, -0.05) is 12.8 Å². The predicted molar refractivity (Wildman–Crippen MR) is 66.2 cm³/mol. The van der Waals surface area contributed by atoms with Crippen LogP contribution >= 0.6 is 0 Å². The molecule has 1 N–H and O–H groups in total. The average Bonchev–Trinajstić information content (AvgIpc) is 2.86. The Kier molecular flexibility index (Phi) is 3.64. The summed E-state index contributed by atoms with van der Waals surface area (Å²) in [7, 11) is 2.06. The smallest absolute Gasteiger partial charge is 0.125 e. The van der Waals surface area contributed by atoms with Gasteiger partial charge in [0.1, 0.15) is 5.82 Å². The third-order valence-corrected chi connectivity index (χ3v) is 3.87. The Labute approximate surface area is 98.3 Å². The SMILES string of the molecule is CC(N[C@H](C)C1CCCC1)c1nccn1C. The zero-order chi connectivity index (χ0) is 11.5. The molecule has 90 valence electrons. The molecule has 16 heavy (non-hydrogen) atoms. The molecule has 1 saturated carbocycles. The van der Waals surface area contributed by atoms with Gasteiger partial charge in [-0.05, 0) is 32.6 Å². The van der Waals surface area contributed by atoms with Crippen LogP contribution in [0.1, 0.15) is 51.4 Å². The van der Waals surface area contributed by atoms with Crippen molar-refractivity contribution in [2.24, 2.45) is 13.0 Å². The lowest BCUT2D eigenvalue weighted by Gasteiger charge is -2.24. The van der Waals surface area contributed by atoms with Crippen LogP contribution in [-0.4, -0.2) is 15.6 Å². The predicted octanol–water partition coefficient (Wildman–Crippen LogP) is 2.65. The number of imidazole rings is 1. The minimum absolute atomic E-state index is 0.343. The molecular weight excluding hydrogens is 198 g/mol. The summed E-state index contributed by atoms with van der Waals surface area (Å²) in [6.07, 6.45) is 9.48. The fraction of sp³-hybridized carbons (Fsp3) is 0.769. The normalized spacial score (nSPS) is 21.2. The van der Waals surface area contributed by atoms with Crippen LogP contribution in [0.15, 0.2) is 12.4 Å². The summed E-state index contributed by atoms with van der Waals surface area (Å²) in [4.78, 5) is 4.40. The van der Waals surface area contributed by atoms with Crippen molar-refractivity contribution in [2.75, 3.05) is 0 Å². The Hall–Kier alpha value is -0.830. The van der Waals surface area contributed by atoms with Gasteiger partial charge in [0.05, 0.1) is 6.04 Å². The van der Waals surface area contributed by atoms with E-state index in [1.54, 1.807) is 0 Å². The lowest BCUT2D eigenvalue weighted by atomic mass is 9.99. The summed E-state index contributed by atoms with van der Waals surface area (Å²) in [5, 5.41) is 3.68. The number of nitrogens with one attached hydrogen (secondary N) is 1. The first-order valence-corrected chi connectivity index (χ1v) is 6.41. The molecule has 0 aliphatic heterocycles. The molecule has 1 heterocycles. The van der Waals surface area contributed by atoms with E-state index in [0.29, 0.717) is 12.1 Å². The first-order valence-electron chi connectivity index (χ1n) is 6.41. The lowest BCUT2D eigenvalue weighted by molar-refractivity contribution is 0.344. The Morgan fingerprint density at radius 2 is 2.06 bits per heavy atom. The number of hydrogen-bond acceptors (Lipinski definition) is 2. The molecular formula is C13H23N3. The van der Waals surface area contributed by atoms with Crippen molar-refractivity contribution in [2.45, 2.75) is 51.6 Å². The van der Waals surface area contributed by atoms with Crippen molar-refractivity contribution in [3.8, 4) is 0 Å². The van der Waals surface area contributed by atoms with Gasteiger partial charge in [0.2, 0.25) is 0 Å². The van der Waals surface area contributed by atoms with Gasteiger partial charge in [-0.2, -0.15) is 0 Å². The average molecular weight is 221 g/mol. The van der Waals surface area contributed by atoms with Gasteiger partial charge >= 0.3 is 0 Å². The first kappa shape index (κ1) is 11.6. The van der Waals surface area contributed by atoms with E-state index in [9.17, 15) is 0 Å². The second-order valence-electron chi connectivity index (χ2n) is 5.12. The van der Waals surface area contributed by atoms with E-state index < -0.39 is 0 Å². The summed E-state index contributed by atoms with van der Waals surface area (Å²) < 4.78 is 2.10. The number of hydrogen-bond donors (Lipinski definition) is 1. The maximum absolute atomic E-state index is 4.40. The van der Waals surface area contributed by atoms with E-state index >= 15 is 0 Å². The maximum atomic E-state index is 4.40. The van der Waals surface area contributed by atoms with E-state index in [2.05, 4.69) is 35.8 Å². The van der Waals surface area contributed by atoms with Crippen LogP contribution in [-0.2, 0) is 7.05 Å². The van der Waals surface area contributed by atoms with Crippen LogP contribution in [0.25, 0.3) is 0 Å². The molecule has 1 aromatic rings. The van der Waals surface area contributed by atoms with E-state index in [1.165, 1.54) is 25.7 Å².